The zero-order chi connectivity index (χ0) is 15.2. The molecule has 112 valence electrons. The summed E-state index contributed by atoms with van der Waals surface area (Å²) in [7, 11) is 1.65. The number of ether oxygens (including phenoxy) is 1. The van der Waals surface area contributed by atoms with E-state index in [9.17, 15) is 4.39 Å². The van der Waals surface area contributed by atoms with Crippen LogP contribution < -0.4 is 10.1 Å². The molecule has 0 aliphatic rings. The Morgan fingerprint density at radius 2 is 1.90 bits per heavy atom. The zero-order valence-corrected chi connectivity index (χ0v) is 13.0. The van der Waals surface area contributed by atoms with Crippen LogP contribution in [0.3, 0.4) is 0 Å². The molecule has 0 fully saturated rings. The van der Waals surface area contributed by atoms with Gasteiger partial charge in [0, 0.05) is 16.6 Å². The van der Waals surface area contributed by atoms with E-state index in [4.69, 9.17) is 16.3 Å². The van der Waals surface area contributed by atoms with Gasteiger partial charge in [-0.2, -0.15) is 0 Å². The summed E-state index contributed by atoms with van der Waals surface area (Å²) in [6.45, 7) is 2.87. The van der Waals surface area contributed by atoms with Crippen molar-refractivity contribution >= 4 is 11.6 Å². The summed E-state index contributed by atoms with van der Waals surface area (Å²) in [5.41, 5.74) is 2.07. The van der Waals surface area contributed by atoms with Crippen LogP contribution in [0.15, 0.2) is 42.5 Å². The summed E-state index contributed by atoms with van der Waals surface area (Å²) in [5, 5.41) is 4.11. The van der Waals surface area contributed by atoms with Gasteiger partial charge in [-0.3, -0.25) is 0 Å². The Labute approximate surface area is 129 Å². The Balaban J connectivity index is 2.30. The van der Waals surface area contributed by atoms with E-state index >= 15 is 0 Å². The average molecular weight is 308 g/mol. The number of hydrogen-bond acceptors (Lipinski definition) is 2. The molecule has 21 heavy (non-hydrogen) atoms. The van der Waals surface area contributed by atoms with Crippen LogP contribution in [0.4, 0.5) is 4.39 Å². The molecule has 0 saturated heterocycles. The first-order valence-corrected chi connectivity index (χ1v) is 7.33. The largest absolute Gasteiger partial charge is 0.496 e. The van der Waals surface area contributed by atoms with Gasteiger partial charge in [-0.05, 0) is 48.9 Å². The minimum Gasteiger partial charge on any atom is -0.496 e. The summed E-state index contributed by atoms with van der Waals surface area (Å²) in [6.07, 6.45) is 0.741. The first-order chi connectivity index (χ1) is 10.1. The van der Waals surface area contributed by atoms with Gasteiger partial charge in [0.1, 0.15) is 11.6 Å². The zero-order valence-electron chi connectivity index (χ0n) is 12.2. The summed E-state index contributed by atoms with van der Waals surface area (Å²) in [6, 6.07) is 12.2. The third-order valence-electron chi connectivity index (χ3n) is 3.37. The first kappa shape index (κ1) is 15.8. The van der Waals surface area contributed by atoms with E-state index in [1.807, 2.05) is 18.2 Å². The molecule has 2 rings (SSSR count). The van der Waals surface area contributed by atoms with Gasteiger partial charge >= 0.3 is 0 Å². The van der Waals surface area contributed by atoms with E-state index in [1.165, 1.54) is 12.1 Å². The van der Waals surface area contributed by atoms with Gasteiger partial charge in [-0.25, -0.2) is 4.39 Å². The highest BCUT2D eigenvalue weighted by Crippen LogP contribution is 2.30. The van der Waals surface area contributed by atoms with Gasteiger partial charge in [0.25, 0.3) is 0 Å². The highest BCUT2D eigenvalue weighted by Gasteiger charge is 2.16. The molecule has 2 aromatic carbocycles. The molecule has 1 unspecified atom stereocenters. The maximum absolute atomic E-state index is 13.0. The first-order valence-electron chi connectivity index (χ1n) is 6.95. The molecule has 0 aliphatic carbocycles. The Hall–Kier alpha value is -1.58. The molecule has 0 aliphatic heterocycles. The Morgan fingerprint density at radius 3 is 2.52 bits per heavy atom. The molecule has 1 N–H and O–H groups in total. The van der Waals surface area contributed by atoms with Crippen molar-refractivity contribution < 1.29 is 9.13 Å². The number of nitrogens with one attached hydrogen (secondary N) is 1. The molecule has 0 aromatic heterocycles. The van der Waals surface area contributed by atoms with Crippen molar-refractivity contribution in [1.82, 2.24) is 5.32 Å². The number of hydrogen-bond donors (Lipinski definition) is 1. The smallest absolute Gasteiger partial charge is 0.123 e. The second-order valence-corrected chi connectivity index (χ2v) is 5.26. The average Bonchev–Trinajstić information content (AvgIpc) is 2.49. The van der Waals surface area contributed by atoms with Crippen LogP contribution in [-0.2, 0) is 6.42 Å². The van der Waals surface area contributed by atoms with Gasteiger partial charge in [0.2, 0.25) is 0 Å². The van der Waals surface area contributed by atoms with E-state index < -0.39 is 0 Å². The second kappa shape index (κ2) is 7.43. The van der Waals surface area contributed by atoms with Crippen LogP contribution in [0, 0.1) is 5.82 Å². The van der Waals surface area contributed by atoms with E-state index in [0.29, 0.717) is 5.02 Å². The number of methoxy groups -OCH3 is 1. The van der Waals surface area contributed by atoms with Gasteiger partial charge in [0.15, 0.2) is 0 Å². The van der Waals surface area contributed by atoms with Crippen molar-refractivity contribution in [2.75, 3.05) is 13.7 Å². The van der Waals surface area contributed by atoms with E-state index in [-0.39, 0.29) is 11.9 Å². The summed E-state index contributed by atoms with van der Waals surface area (Å²) in [4.78, 5) is 0. The Kier molecular flexibility index (Phi) is 5.59. The number of benzene rings is 2. The topological polar surface area (TPSA) is 21.3 Å². The van der Waals surface area contributed by atoms with Crippen LogP contribution in [0.25, 0.3) is 0 Å². The summed E-state index contributed by atoms with van der Waals surface area (Å²) < 4.78 is 18.4. The quantitative estimate of drug-likeness (QED) is 0.855. The molecule has 1 atom stereocenters. The molecular weight excluding hydrogens is 289 g/mol. The normalized spacial score (nSPS) is 12.2. The Morgan fingerprint density at radius 1 is 1.19 bits per heavy atom. The van der Waals surface area contributed by atoms with Gasteiger partial charge in [-0.15, -0.1) is 0 Å². The van der Waals surface area contributed by atoms with Crippen molar-refractivity contribution in [3.8, 4) is 5.75 Å². The molecule has 2 aromatic rings. The predicted octanol–water partition coefficient (Wildman–Crippen LogP) is 4.38. The third-order valence-corrected chi connectivity index (χ3v) is 3.61. The SMILES string of the molecule is CCNC(Cc1ccc(F)cc1)c1cc(Cl)ccc1OC. The molecule has 0 radical (unpaired) electrons. The lowest BCUT2D eigenvalue weighted by Gasteiger charge is -2.21. The van der Waals surface area contributed by atoms with Crippen LogP contribution in [0.2, 0.25) is 5.02 Å². The van der Waals surface area contributed by atoms with Crippen LogP contribution in [0.1, 0.15) is 24.1 Å². The number of rotatable bonds is 6. The fourth-order valence-corrected chi connectivity index (χ4v) is 2.55. The number of likely N-dealkylation sites (N-methyl/N-ethyl adjacent to an activating group) is 1. The standard InChI is InChI=1S/C17H19ClFNO/c1-3-20-16(10-12-4-7-14(19)8-5-12)15-11-13(18)6-9-17(15)21-2/h4-9,11,16,20H,3,10H2,1-2H3. The molecule has 2 nitrogen and oxygen atoms in total. The van der Waals surface area contributed by atoms with E-state index in [1.54, 1.807) is 19.2 Å². The molecule has 0 spiro atoms. The van der Waals surface area contributed by atoms with Crippen molar-refractivity contribution in [2.24, 2.45) is 0 Å². The molecule has 0 bridgehead atoms. The van der Waals surface area contributed by atoms with E-state index in [2.05, 4.69) is 12.2 Å². The van der Waals surface area contributed by atoms with Crippen molar-refractivity contribution in [3.63, 3.8) is 0 Å². The predicted molar refractivity (Wildman–Crippen MR) is 84.5 cm³/mol. The van der Waals surface area contributed by atoms with Crippen molar-refractivity contribution in [3.05, 3.63) is 64.4 Å². The lowest BCUT2D eigenvalue weighted by atomic mass is 9.98. The van der Waals surface area contributed by atoms with Gasteiger partial charge < -0.3 is 10.1 Å². The Bertz CT molecular complexity index is 586. The van der Waals surface area contributed by atoms with Gasteiger partial charge in [-0.1, -0.05) is 30.7 Å². The maximum Gasteiger partial charge on any atom is 0.123 e. The second-order valence-electron chi connectivity index (χ2n) is 4.83. The molecular formula is C17H19ClFNO. The van der Waals surface area contributed by atoms with Crippen molar-refractivity contribution in [1.29, 1.82) is 0 Å². The monoisotopic (exact) mass is 307 g/mol. The maximum atomic E-state index is 13.0. The fraction of sp³-hybridized carbons (Fsp3) is 0.294. The summed E-state index contributed by atoms with van der Waals surface area (Å²) in [5.74, 6) is 0.576. The van der Waals surface area contributed by atoms with Crippen LogP contribution in [-0.4, -0.2) is 13.7 Å². The highest BCUT2D eigenvalue weighted by atomic mass is 35.5. The lowest BCUT2D eigenvalue weighted by Crippen LogP contribution is -2.23. The molecule has 0 amide bonds. The van der Waals surface area contributed by atoms with Crippen molar-refractivity contribution in [2.45, 2.75) is 19.4 Å². The molecule has 0 heterocycles. The molecule has 4 heteroatoms. The third kappa shape index (κ3) is 4.19. The fourth-order valence-electron chi connectivity index (χ4n) is 2.37. The van der Waals surface area contributed by atoms with Crippen LogP contribution >= 0.6 is 11.6 Å². The number of halogens is 2. The molecule has 0 saturated carbocycles. The summed E-state index contributed by atoms with van der Waals surface area (Å²) >= 11 is 6.11. The lowest BCUT2D eigenvalue weighted by molar-refractivity contribution is 0.399. The van der Waals surface area contributed by atoms with Crippen LogP contribution in [0.5, 0.6) is 5.75 Å². The minimum absolute atomic E-state index is 0.0640. The van der Waals surface area contributed by atoms with Gasteiger partial charge in [0.05, 0.1) is 7.11 Å². The highest BCUT2D eigenvalue weighted by molar-refractivity contribution is 6.30. The van der Waals surface area contributed by atoms with E-state index in [0.717, 1.165) is 29.8 Å². The minimum atomic E-state index is -0.223.